The Bertz CT molecular complexity index is 378. The van der Waals surface area contributed by atoms with Crippen molar-refractivity contribution in [3.8, 4) is 0 Å². The van der Waals surface area contributed by atoms with E-state index in [0.29, 0.717) is 0 Å². The predicted octanol–water partition coefficient (Wildman–Crippen LogP) is 3.62. The molecular weight excluding hydrogens is 228 g/mol. The highest BCUT2D eigenvalue weighted by molar-refractivity contribution is 7.11. The predicted molar refractivity (Wildman–Crippen MR) is 72.6 cm³/mol. The fraction of sp³-hybridized carbons (Fsp3) is 0.786. The molecule has 2 saturated carbocycles. The molecule has 2 aliphatic carbocycles. The van der Waals surface area contributed by atoms with Gasteiger partial charge in [0.2, 0.25) is 0 Å². The Morgan fingerprint density at radius 3 is 2.76 bits per heavy atom. The lowest BCUT2D eigenvalue weighted by molar-refractivity contribution is 0.688. The van der Waals surface area contributed by atoms with Crippen molar-refractivity contribution < 1.29 is 0 Å². The van der Waals surface area contributed by atoms with Crippen LogP contribution in [0.5, 0.6) is 0 Å². The fourth-order valence-corrected chi connectivity index (χ4v) is 3.32. The Morgan fingerprint density at radius 1 is 1.29 bits per heavy atom. The van der Waals surface area contributed by atoms with Crippen LogP contribution in [-0.4, -0.2) is 11.0 Å². The number of nitrogens with one attached hydrogen (secondary N) is 1. The van der Waals surface area contributed by atoms with Crippen molar-refractivity contribution in [1.29, 1.82) is 0 Å². The number of aryl methyl sites for hydroxylation is 1. The largest absolute Gasteiger partial charge is 0.309 e. The molecule has 1 aromatic rings. The zero-order valence-corrected chi connectivity index (χ0v) is 11.5. The van der Waals surface area contributed by atoms with Gasteiger partial charge in [-0.25, -0.2) is 4.98 Å². The van der Waals surface area contributed by atoms with Crippen molar-refractivity contribution in [2.75, 3.05) is 0 Å². The number of hydrogen-bond acceptors (Lipinski definition) is 3. The molecule has 2 aliphatic rings. The second-order valence-electron chi connectivity index (χ2n) is 5.45. The zero-order chi connectivity index (χ0) is 11.7. The van der Waals surface area contributed by atoms with E-state index in [1.54, 1.807) is 0 Å². The first kappa shape index (κ1) is 11.7. The first-order valence-corrected chi connectivity index (χ1v) is 7.90. The third-order valence-corrected chi connectivity index (χ3v) is 4.74. The molecule has 3 heteroatoms. The van der Waals surface area contributed by atoms with E-state index in [2.05, 4.69) is 12.2 Å². The molecule has 0 saturated heterocycles. The molecule has 94 valence electrons. The van der Waals surface area contributed by atoms with Gasteiger partial charge in [-0.05, 0) is 38.5 Å². The summed E-state index contributed by atoms with van der Waals surface area (Å²) in [6.07, 6.45) is 9.23. The van der Waals surface area contributed by atoms with E-state index < -0.39 is 0 Å². The number of nitrogens with zero attached hydrogens (tertiary/aromatic N) is 1. The molecule has 0 atom stereocenters. The molecule has 0 amide bonds. The Labute approximate surface area is 108 Å². The van der Waals surface area contributed by atoms with Crippen LogP contribution in [0.3, 0.4) is 0 Å². The van der Waals surface area contributed by atoms with Gasteiger partial charge in [-0.1, -0.05) is 13.3 Å². The van der Waals surface area contributed by atoms with Crippen molar-refractivity contribution in [3.63, 3.8) is 0 Å². The maximum atomic E-state index is 4.89. The van der Waals surface area contributed by atoms with Gasteiger partial charge >= 0.3 is 0 Å². The molecule has 0 unspecified atom stereocenters. The Kier molecular flexibility index (Phi) is 3.48. The Morgan fingerprint density at radius 2 is 2.12 bits per heavy atom. The molecule has 0 spiro atoms. The highest BCUT2D eigenvalue weighted by Gasteiger charge is 2.30. The van der Waals surface area contributed by atoms with Crippen LogP contribution in [0.1, 0.15) is 66.9 Å². The first-order valence-electron chi connectivity index (χ1n) is 7.08. The van der Waals surface area contributed by atoms with Gasteiger partial charge in [0.15, 0.2) is 0 Å². The second kappa shape index (κ2) is 5.07. The van der Waals surface area contributed by atoms with Crippen LogP contribution < -0.4 is 5.32 Å². The fourth-order valence-electron chi connectivity index (χ4n) is 2.18. The van der Waals surface area contributed by atoms with E-state index in [4.69, 9.17) is 4.98 Å². The topological polar surface area (TPSA) is 24.9 Å². The Balaban J connectivity index is 1.66. The SMILES string of the molecule is CCCCc1nc(C2CC2)c(CNC2CC2)s1. The zero-order valence-electron chi connectivity index (χ0n) is 10.7. The summed E-state index contributed by atoms with van der Waals surface area (Å²) in [4.78, 5) is 6.42. The maximum absolute atomic E-state index is 4.89. The average molecular weight is 250 g/mol. The number of aromatic nitrogens is 1. The molecule has 0 bridgehead atoms. The monoisotopic (exact) mass is 250 g/mol. The maximum Gasteiger partial charge on any atom is 0.0931 e. The third-order valence-electron chi connectivity index (χ3n) is 3.61. The van der Waals surface area contributed by atoms with Crippen LogP contribution >= 0.6 is 11.3 Å². The molecule has 0 radical (unpaired) electrons. The normalized spacial score (nSPS) is 19.8. The van der Waals surface area contributed by atoms with Crippen LogP contribution in [0.2, 0.25) is 0 Å². The first-order chi connectivity index (χ1) is 8.36. The summed E-state index contributed by atoms with van der Waals surface area (Å²) in [6, 6.07) is 0.809. The molecule has 17 heavy (non-hydrogen) atoms. The van der Waals surface area contributed by atoms with Gasteiger partial charge in [-0.2, -0.15) is 0 Å². The minimum absolute atomic E-state index is 0.803. The van der Waals surface area contributed by atoms with Crippen LogP contribution in [-0.2, 0) is 13.0 Å². The standard InChI is InChI=1S/C14H22N2S/c1-2-3-4-13-16-14(10-5-6-10)12(17-13)9-15-11-7-8-11/h10-11,15H,2-9H2,1H3. The molecule has 2 fully saturated rings. The molecule has 1 aromatic heterocycles. The third kappa shape index (κ3) is 3.08. The van der Waals surface area contributed by atoms with Crippen LogP contribution in [0.15, 0.2) is 0 Å². The molecule has 3 rings (SSSR count). The lowest BCUT2D eigenvalue weighted by atomic mass is 10.2. The lowest BCUT2D eigenvalue weighted by Crippen LogP contribution is -2.15. The van der Waals surface area contributed by atoms with Crippen molar-refractivity contribution in [3.05, 3.63) is 15.6 Å². The van der Waals surface area contributed by atoms with Gasteiger partial charge in [0.1, 0.15) is 0 Å². The number of thiazole rings is 1. The van der Waals surface area contributed by atoms with Crippen molar-refractivity contribution in [1.82, 2.24) is 10.3 Å². The smallest absolute Gasteiger partial charge is 0.0931 e. The molecule has 0 aliphatic heterocycles. The van der Waals surface area contributed by atoms with Crippen LogP contribution in [0, 0.1) is 0 Å². The minimum Gasteiger partial charge on any atom is -0.309 e. The quantitative estimate of drug-likeness (QED) is 0.799. The summed E-state index contributed by atoms with van der Waals surface area (Å²) in [5.41, 5.74) is 1.44. The van der Waals surface area contributed by atoms with Crippen molar-refractivity contribution in [2.45, 2.75) is 70.4 Å². The highest BCUT2D eigenvalue weighted by Crippen LogP contribution is 2.43. The molecule has 1 heterocycles. The van der Waals surface area contributed by atoms with E-state index in [0.717, 1.165) is 18.5 Å². The molecule has 2 nitrogen and oxygen atoms in total. The van der Waals surface area contributed by atoms with Gasteiger partial charge in [0.05, 0.1) is 10.7 Å². The van der Waals surface area contributed by atoms with E-state index in [9.17, 15) is 0 Å². The van der Waals surface area contributed by atoms with E-state index in [1.807, 2.05) is 11.3 Å². The summed E-state index contributed by atoms with van der Waals surface area (Å²) in [6.45, 7) is 3.32. The number of unbranched alkanes of at least 4 members (excludes halogenated alkanes) is 1. The molecule has 0 aromatic carbocycles. The number of hydrogen-bond donors (Lipinski definition) is 1. The van der Waals surface area contributed by atoms with Crippen LogP contribution in [0.4, 0.5) is 0 Å². The Hall–Kier alpha value is -0.410. The molecular formula is C14H22N2S. The van der Waals surface area contributed by atoms with E-state index in [1.165, 1.54) is 60.5 Å². The van der Waals surface area contributed by atoms with Gasteiger partial charge in [0.25, 0.3) is 0 Å². The summed E-state index contributed by atoms with van der Waals surface area (Å²) < 4.78 is 0. The second-order valence-corrected chi connectivity index (χ2v) is 6.62. The lowest BCUT2D eigenvalue weighted by Gasteiger charge is -2.01. The van der Waals surface area contributed by atoms with Crippen molar-refractivity contribution in [2.24, 2.45) is 0 Å². The van der Waals surface area contributed by atoms with Gasteiger partial charge in [-0.3, -0.25) is 0 Å². The van der Waals surface area contributed by atoms with Gasteiger partial charge in [0, 0.05) is 23.4 Å². The van der Waals surface area contributed by atoms with Gasteiger partial charge in [-0.15, -0.1) is 11.3 Å². The number of rotatable bonds is 7. The summed E-state index contributed by atoms with van der Waals surface area (Å²) >= 11 is 1.96. The summed E-state index contributed by atoms with van der Waals surface area (Å²) in [7, 11) is 0. The van der Waals surface area contributed by atoms with Crippen LogP contribution in [0.25, 0.3) is 0 Å². The average Bonchev–Trinajstić information content (AvgIpc) is 3.23. The molecule has 1 N–H and O–H groups in total. The van der Waals surface area contributed by atoms with Gasteiger partial charge < -0.3 is 5.32 Å². The van der Waals surface area contributed by atoms with E-state index >= 15 is 0 Å². The summed E-state index contributed by atoms with van der Waals surface area (Å²) in [5, 5.41) is 5.01. The van der Waals surface area contributed by atoms with E-state index in [-0.39, 0.29) is 0 Å². The highest BCUT2D eigenvalue weighted by atomic mass is 32.1. The summed E-state index contributed by atoms with van der Waals surface area (Å²) in [5.74, 6) is 0.803. The van der Waals surface area contributed by atoms with Crippen molar-refractivity contribution >= 4 is 11.3 Å². The minimum atomic E-state index is 0.803.